The summed E-state index contributed by atoms with van der Waals surface area (Å²) in [7, 11) is 0. The van der Waals surface area contributed by atoms with Crippen LogP contribution in [0.3, 0.4) is 0 Å². The lowest BCUT2D eigenvalue weighted by Crippen LogP contribution is -2.63. The second-order valence-corrected chi connectivity index (χ2v) is 28.4. The number of nitrogens with zero attached hydrogens (tertiary/aromatic N) is 5. The monoisotopic (exact) mass is 1620 g/mol. The van der Waals surface area contributed by atoms with Crippen molar-refractivity contribution < 1.29 is 77.3 Å². The minimum Gasteiger partial charge on any atom is -0.481 e. The third-order valence-corrected chi connectivity index (χ3v) is 19.6. The number of guanidine groups is 4. The molecule has 0 saturated heterocycles. The lowest BCUT2D eigenvalue weighted by molar-refractivity contribution is -0.147. The number of nitrogens with two attached hydrogens (primary N) is 9. The molecule has 3 rings (SSSR count). The summed E-state index contributed by atoms with van der Waals surface area (Å²) >= 11 is 8.29. The number of carboxylic acids is 2. The maximum Gasteiger partial charge on any atom is 0.327 e. The van der Waals surface area contributed by atoms with E-state index in [1.54, 1.807) is 52.0 Å². The van der Waals surface area contributed by atoms with Crippen molar-refractivity contribution in [2.75, 3.05) is 50.8 Å². The fraction of sp³-hybridized carbons (Fsp3) is 0.652. The van der Waals surface area contributed by atoms with Crippen LogP contribution in [0.15, 0.2) is 44.2 Å². The maximum atomic E-state index is 15.3. The number of fused-ring (bicyclic) bond motifs is 1. The topological polar surface area (TPSA) is 699 Å². The molecular weight excluding hydrogens is 1500 g/mol. The van der Waals surface area contributed by atoms with E-state index in [0.29, 0.717) is 17.5 Å². The summed E-state index contributed by atoms with van der Waals surface area (Å²) < 4.78 is 0. The normalized spacial score (nSPS) is 16.4. The first-order chi connectivity index (χ1) is 53.0. The Balaban J connectivity index is 1.90. The van der Waals surface area contributed by atoms with E-state index in [9.17, 15) is 72.5 Å². The number of nitrogens with one attached hydrogen (secondary N) is 11. The largest absolute Gasteiger partial charge is 0.481 e. The minimum atomic E-state index is -1.97. The van der Waals surface area contributed by atoms with Gasteiger partial charge in [0.15, 0.2) is 23.8 Å². The number of carbonyl (C=O) groups excluding carboxylic acids is 12. The number of carbonyl (C=O) groups is 14. The number of thiol groups is 2. The molecule has 41 nitrogen and oxygen atoms in total. The molecule has 2 aliphatic rings. The average molecular weight is 1620 g/mol. The van der Waals surface area contributed by atoms with Gasteiger partial charge in [0.25, 0.3) is 0 Å². The zero-order chi connectivity index (χ0) is 83.7. The Morgan fingerprint density at radius 1 is 0.482 bits per heavy atom. The lowest BCUT2D eigenvalue weighted by atomic mass is 9.84. The quantitative estimate of drug-likeness (QED) is 0.0125. The highest BCUT2D eigenvalue weighted by atomic mass is 32.1. The van der Waals surface area contributed by atoms with Crippen molar-refractivity contribution in [3.63, 3.8) is 0 Å². The van der Waals surface area contributed by atoms with Gasteiger partial charge >= 0.3 is 11.9 Å². The van der Waals surface area contributed by atoms with Crippen molar-refractivity contribution >= 4 is 132 Å². The molecule has 0 spiro atoms. The number of hydrogen-bond acceptors (Lipinski definition) is 21. The van der Waals surface area contributed by atoms with Crippen LogP contribution in [0.1, 0.15) is 148 Å². The number of amides is 12. The van der Waals surface area contributed by atoms with Crippen LogP contribution in [-0.2, 0) is 80.1 Å². The van der Waals surface area contributed by atoms with Gasteiger partial charge in [0, 0.05) is 50.7 Å². The standard InChI is InChI=1S/C69H117N25O16S2/c1-5-36(3)53(92-58(102)42(21-13-25-80-67(73)74)85-51(96)32-83-50(95)31-84-56(100)45(28-38-16-8-7-9-17-38)88-61(105)47(34-111)90-55(99)41(70)20-12-24-79-66(71)72)63(107)89-46(30-52(97)98)60(104)86-44(23-15-27-82-69(77)78)59(103)93-54(37(4)6-2)64(108)94-33-40-19-11-10-18-39(40)29-49(94)62(106)87-43(22-14-26-81-68(75)76)57(101)91-48(35-112)65(109)110/h10-11,18-19,36-38,41-49,53-54,111-112H,5-9,12-17,20-35,70H2,1-4H3,(H,83,95)(H,84,100)(H,85,96)(H,86,104)(H,87,106)(H,88,105)(H,89,107)(H,90,99)(H,91,101)(H,92,102)(H,93,103)(H,97,98)(H,109,110)(H4,71,72,79)(H4,73,74,80)(H4,75,76,81)(H4,77,78,82)/t36-,37-,41-,42-,43-,44-,45-,46-,47-,48-,49+,53-,54-/m0/s1. The van der Waals surface area contributed by atoms with Gasteiger partial charge in [0.05, 0.1) is 25.6 Å². The summed E-state index contributed by atoms with van der Waals surface area (Å²) in [6, 6.07) is -8.67. The number of rotatable bonds is 50. The van der Waals surface area contributed by atoms with Crippen LogP contribution in [0.5, 0.6) is 0 Å². The predicted octanol–water partition coefficient (Wildman–Crippen LogP) is -6.44. The van der Waals surface area contributed by atoms with Crippen LogP contribution < -0.4 is 110 Å². The molecule has 1 aliphatic carbocycles. The molecule has 1 fully saturated rings. The summed E-state index contributed by atoms with van der Waals surface area (Å²) in [6.07, 6.45) is 4.04. The molecule has 0 radical (unpaired) electrons. The van der Waals surface area contributed by atoms with E-state index in [4.69, 9.17) is 51.6 Å². The van der Waals surface area contributed by atoms with E-state index in [0.717, 1.165) is 32.1 Å². The van der Waals surface area contributed by atoms with Crippen molar-refractivity contribution in [2.24, 2.45) is 89.3 Å². The van der Waals surface area contributed by atoms with Gasteiger partial charge in [-0.2, -0.15) is 25.3 Å². The van der Waals surface area contributed by atoms with Crippen molar-refractivity contribution in [3.8, 4) is 0 Å². The SMILES string of the molecule is CC[C@H](C)[C@H](NC(=O)[C@H](CCCN=C(N)N)NC(=O)CNC(=O)CNC(=O)[C@H](CC1CCCCC1)NC(=O)[C@H](CS)NC(=O)[C@@H](N)CCCN=C(N)N)C(=O)N[C@@H](CC(=O)O)C(=O)N[C@@H](CCCN=C(N)N)C(=O)N[C@H](C(=O)N1Cc2ccccc2C[C@@H]1C(=O)N[C@@H](CCCN=C(N)N)C(=O)N[C@@H](CS)C(=O)O)[C@@H](C)CC. The Hall–Kier alpha value is -10.5. The highest BCUT2D eigenvalue weighted by molar-refractivity contribution is 7.80. The van der Waals surface area contributed by atoms with Gasteiger partial charge in [-0.05, 0) is 86.7 Å². The highest BCUT2D eigenvalue weighted by Crippen LogP contribution is 2.29. The fourth-order valence-electron chi connectivity index (χ4n) is 12.2. The summed E-state index contributed by atoms with van der Waals surface area (Å²) in [6.45, 7) is 5.11. The summed E-state index contributed by atoms with van der Waals surface area (Å²) in [5.41, 5.74) is 51.4. The van der Waals surface area contributed by atoms with Gasteiger partial charge in [-0.15, -0.1) is 0 Å². The minimum absolute atomic E-state index is 0.00677. The zero-order valence-electron chi connectivity index (χ0n) is 63.9. The van der Waals surface area contributed by atoms with E-state index in [1.807, 2.05) is 0 Å². The van der Waals surface area contributed by atoms with E-state index in [2.05, 4.69) is 104 Å². The van der Waals surface area contributed by atoms with Gasteiger partial charge in [0.2, 0.25) is 70.9 Å². The molecule has 43 heteroatoms. The summed E-state index contributed by atoms with van der Waals surface area (Å²) in [5, 5.41) is 47.9. The molecular formula is C69H117N25O16S2. The summed E-state index contributed by atoms with van der Waals surface area (Å²) in [4.78, 5) is 211. The van der Waals surface area contributed by atoms with Crippen molar-refractivity contribution in [3.05, 3.63) is 35.4 Å². The second-order valence-electron chi connectivity index (χ2n) is 27.6. The number of hydrogen-bond donors (Lipinski definition) is 24. The van der Waals surface area contributed by atoms with Crippen LogP contribution in [0.4, 0.5) is 0 Å². The molecule has 1 aliphatic heterocycles. The Bertz CT molecular complexity index is 3480. The fourth-order valence-corrected chi connectivity index (χ4v) is 12.7. The third kappa shape index (κ3) is 34.8. The molecule has 1 aromatic rings. The molecule has 1 heterocycles. The van der Waals surface area contributed by atoms with E-state index in [-0.39, 0.29) is 145 Å². The first-order valence-corrected chi connectivity index (χ1v) is 38.6. The van der Waals surface area contributed by atoms with Crippen molar-refractivity contribution in [1.82, 2.24) is 63.4 Å². The van der Waals surface area contributed by atoms with Crippen LogP contribution in [0.25, 0.3) is 0 Å². The zero-order valence-corrected chi connectivity index (χ0v) is 65.7. The molecule has 626 valence electrons. The Labute approximate surface area is 661 Å². The molecule has 31 N–H and O–H groups in total. The molecule has 0 unspecified atom stereocenters. The van der Waals surface area contributed by atoms with Crippen molar-refractivity contribution in [2.45, 2.75) is 216 Å². The molecule has 1 saturated carbocycles. The third-order valence-electron chi connectivity index (χ3n) is 18.9. The maximum absolute atomic E-state index is 15.3. The van der Waals surface area contributed by atoms with Crippen LogP contribution in [-0.4, -0.2) is 239 Å². The highest BCUT2D eigenvalue weighted by Gasteiger charge is 2.43. The molecule has 13 atom stereocenters. The molecule has 112 heavy (non-hydrogen) atoms. The number of carboxylic acid groups (broad SMARTS) is 2. The Morgan fingerprint density at radius 3 is 1.42 bits per heavy atom. The predicted molar refractivity (Wildman–Crippen MR) is 423 cm³/mol. The van der Waals surface area contributed by atoms with Gasteiger partial charge in [-0.25, -0.2) is 4.79 Å². The Morgan fingerprint density at radius 2 is 0.911 bits per heavy atom. The molecule has 0 aromatic heterocycles. The van der Waals surface area contributed by atoms with E-state index < -0.39 is 181 Å². The second kappa shape index (κ2) is 50.4. The van der Waals surface area contributed by atoms with Gasteiger partial charge in [-0.3, -0.25) is 82.3 Å². The first-order valence-electron chi connectivity index (χ1n) is 37.3. The average Bonchev–Trinajstić information content (AvgIpc) is 0.781. The van der Waals surface area contributed by atoms with Crippen LogP contribution in [0.2, 0.25) is 0 Å². The van der Waals surface area contributed by atoms with E-state index >= 15 is 4.79 Å². The molecule has 1 aromatic carbocycles. The number of benzene rings is 1. The molecule has 12 amide bonds. The van der Waals surface area contributed by atoms with Crippen LogP contribution >= 0.6 is 25.3 Å². The number of aliphatic imine (C=N–C) groups is 4. The first kappa shape index (κ1) is 95.7. The Kier molecular flexibility index (Phi) is 43.1. The van der Waals surface area contributed by atoms with Gasteiger partial charge < -0.3 is 125 Å². The molecule has 0 bridgehead atoms. The van der Waals surface area contributed by atoms with Gasteiger partial charge in [0.1, 0.15) is 60.4 Å². The number of aliphatic carboxylic acids is 2. The van der Waals surface area contributed by atoms with Crippen LogP contribution in [0, 0.1) is 17.8 Å². The lowest BCUT2D eigenvalue weighted by Gasteiger charge is -2.40. The smallest absolute Gasteiger partial charge is 0.327 e. The summed E-state index contributed by atoms with van der Waals surface area (Å²) in [5.74, 6) is -16.5. The van der Waals surface area contributed by atoms with E-state index in [1.165, 1.54) is 4.90 Å². The van der Waals surface area contributed by atoms with Gasteiger partial charge in [-0.1, -0.05) is 96.9 Å². The van der Waals surface area contributed by atoms with Crippen molar-refractivity contribution in [1.29, 1.82) is 0 Å².